The van der Waals surface area contributed by atoms with Gasteiger partial charge in [-0.05, 0) is 24.1 Å². The van der Waals surface area contributed by atoms with Gasteiger partial charge in [-0.25, -0.2) is 4.99 Å². The lowest BCUT2D eigenvalue weighted by Gasteiger charge is -2.14. The minimum atomic E-state index is 0. The average molecular weight is 405 g/mol. The third kappa shape index (κ3) is 5.45. The lowest BCUT2D eigenvalue weighted by molar-refractivity contribution is 0.352. The molecule has 118 valence electrons. The molecule has 2 N–H and O–H groups in total. The number of guanidine groups is 1. The summed E-state index contributed by atoms with van der Waals surface area (Å²) in [5.41, 5.74) is 7.83. The summed E-state index contributed by atoms with van der Waals surface area (Å²) in [4.78, 5) is 6.09. The molecular weight excluding hydrogens is 381 g/mol. The monoisotopic (exact) mass is 405 g/mol. The normalized spacial score (nSPS) is 10.6. The van der Waals surface area contributed by atoms with Crippen molar-refractivity contribution in [1.29, 1.82) is 0 Å². The topological polar surface area (TPSA) is 60.1 Å². The van der Waals surface area contributed by atoms with Crippen LogP contribution in [0.5, 0.6) is 11.5 Å². The summed E-state index contributed by atoms with van der Waals surface area (Å²) in [6.07, 6.45) is 2.54. The van der Waals surface area contributed by atoms with Crippen LogP contribution in [0.3, 0.4) is 0 Å². The summed E-state index contributed by atoms with van der Waals surface area (Å²) in [5.74, 6) is 1.92. The van der Waals surface area contributed by atoms with Gasteiger partial charge in [-0.2, -0.15) is 0 Å². The number of benzene rings is 1. The first-order valence-corrected chi connectivity index (χ1v) is 6.35. The second-order valence-electron chi connectivity index (χ2n) is 4.55. The van der Waals surface area contributed by atoms with E-state index in [4.69, 9.17) is 15.2 Å². The Morgan fingerprint density at radius 3 is 2.48 bits per heavy atom. The molecule has 1 aromatic rings. The van der Waals surface area contributed by atoms with Gasteiger partial charge in [-0.3, -0.25) is 0 Å². The van der Waals surface area contributed by atoms with Crippen molar-refractivity contribution in [2.75, 3.05) is 28.3 Å². The number of aliphatic imine (C=N–C) groups is 1. The summed E-state index contributed by atoms with van der Waals surface area (Å²) in [6, 6.07) is 3.95. The summed E-state index contributed by atoms with van der Waals surface area (Å²) in [7, 11) is 6.97. The van der Waals surface area contributed by atoms with Crippen molar-refractivity contribution in [1.82, 2.24) is 4.90 Å². The number of methoxy groups -OCH3 is 2. The fraction of sp³-hybridized carbons (Fsp3) is 0.400. The number of rotatable bonds is 6. The fourth-order valence-corrected chi connectivity index (χ4v) is 1.82. The highest BCUT2D eigenvalue weighted by atomic mass is 127. The van der Waals surface area contributed by atoms with E-state index in [0.29, 0.717) is 24.7 Å². The molecule has 1 rings (SSSR count). The molecule has 0 saturated heterocycles. The van der Waals surface area contributed by atoms with Gasteiger partial charge in [0.15, 0.2) is 17.5 Å². The number of nitrogens with zero attached hydrogens (tertiary/aromatic N) is 2. The van der Waals surface area contributed by atoms with Gasteiger partial charge in [0, 0.05) is 19.7 Å². The molecule has 0 aliphatic rings. The van der Waals surface area contributed by atoms with Gasteiger partial charge in [-0.15, -0.1) is 30.6 Å². The molecule has 0 atom stereocenters. The molecule has 0 aromatic heterocycles. The van der Waals surface area contributed by atoms with E-state index in [9.17, 15) is 0 Å². The lowest BCUT2D eigenvalue weighted by Crippen LogP contribution is -2.30. The number of hydrogen-bond acceptors (Lipinski definition) is 3. The number of allylic oxidation sites excluding steroid dienone is 1. The van der Waals surface area contributed by atoms with Gasteiger partial charge in [-0.1, -0.05) is 6.08 Å². The maximum atomic E-state index is 5.79. The maximum Gasteiger partial charge on any atom is 0.191 e. The Hall–Kier alpha value is -1.44. The van der Waals surface area contributed by atoms with Crippen molar-refractivity contribution >= 4 is 29.9 Å². The number of ether oxygens (including phenoxy) is 2. The van der Waals surface area contributed by atoms with Gasteiger partial charge >= 0.3 is 0 Å². The third-order valence-corrected chi connectivity index (χ3v) is 2.86. The SMILES string of the molecule is C=CCc1cc(CN=C(N)N(C)C)cc(OC)c1OC.I. The molecule has 0 aliphatic carbocycles. The number of hydrogen-bond donors (Lipinski definition) is 1. The number of halogens is 1. The Morgan fingerprint density at radius 2 is 2.00 bits per heavy atom. The zero-order valence-electron chi connectivity index (χ0n) is 13.0. The summed E-state index contributed by atoms with van der Waals surface area (Å²) >= 11 is 0. The van der Waals surface area contributed by atoms with E-state index in [1.165, 1.54) is 0 Å². The second-order valence-corrected chi connectivity index (χ2v) is 4.55. The largest absolute Gasteiger partial charge is 0.493 e. The zero-order valence-corrected chi connectivity index (χ0v) is 15.4. The van der Waals surface area contributed by atoms with Crippen LogP contribution in [-0.4, -0.2) is 39.2 Å². The highest BCUT2D eigenvalue weighted by Crippen LogP contribution is 2.33. The quantitative estimate of drug-likeness (QED) is 0.342. The summed E-state index contributed by atoms with van der Waals surface area (Å²) in [6.45, 7) is 4.26. The van der Waals surface area contributed by atoms with Crippen LogP contribution in [0.2, 0.25) is 0 Å². The van der Waals surface area contributed by atoms with E-state index in [1.807, 2.05) is 32.3 Å². The van der Waals surface area contributed by atoms with Crippen LogP contribution < -0.4 is 15.2 Å². The third-order valence-electron chi connectivity index (χ3n) is 2.86. The Kier molecular flexibility index (Phi) is 8.84. The molecule has 6 heteroatoms. The highest BCUT2D eigenvalue weighted by Gasteiger charge is 2.11. The first-order valence-electron chi connectivity index (χ1n) is 6.35. The minimum absolute atomic E-state index is 0. The Morgan fingerprint density at radius 1 is 1.33 bits per heavy atom. The number of nitrogens with two attached hydrogens (primary N) is 1. The second kappa shape index (κ2) is 9.49. The Bertz CT molecular complexity index is 502. The van der Waals surface area contributed by atoms with Crippen LogP contribution in [-0.2, 0) is 13.0 Å². The lowest BCUT2D eigenvalue weighted by atomic mass is 10.1. The molecular formula is C15H24IN3O2. The molecule has 0 aliphatic heterocycles. The van der Waals surface area contributed by atoms with Crippen molar-refractivity contribution in [3.63, 3.8) is 0 Å². The van der Waals surface area contributed by atoms with Crippen LogP contribution >= 0.6 is 24.0 Å². The van der Waals surface area contributed by atoms with E-state index in [1.54, 1.807) is 19.1 Å². The standard InChI is InChI=1S/C15H23N3O2.HI/c1-6-7-12-8-11(10-17-15(16)18(2)3)9-13(19-4)14(12)20-5;/h6,8-9H,1,7,10H2,2-5H3,(H2,16,17);1H. The predicted octanol–water partition coefficient (Wildman–Crippen LogP) is 2.43. The van der Waals surface area contributed by atoms with Crippen molar-refractivity contribution in [3.8, 4) is 11.5 Å². The Balaban J connectivity index is 0.00000400. The molecule has 0 fully saturated rings. The average Bonchev–Trinajstić information content (AvgIpc) is 2.44. The molecule has 0 spiro atoms. The van der Waals surface area contributed by atoms with Gasteiger partial charge in [0.25, 0.3) is 0 Å². The first kappa shape index (κ1) is 19.6. The maximum absolute atomic E-state index is 5.79. The van der Waals surface area contributed by atoms with Gasteiger partial charge in [0.05, 0.1) is 20.8 Å². The van der Waals surface area contributed by atoms with Crippen LogP contribution in [0.1, 0.15) is 11.1 Å². The Labute approximate surface area is 143 Å². The molecule has 0 bridgehead atoms. The minimum Gasteiger partial charge on any atom is -0.493 e. The molecule has 0 amide bonds. The molecule has 5 nitrogen and oxygen atoms in total. The van der Waals surface area contributed by atoms with E-state index in [0.717, 1.165) is 16.9 Å². The molecule has 0 radical (unpaired) electrons. The van der Waals surface area contributed by atoms with E-state index in [2.05, 4.69) is 11.6 Å². The fourth-order valence-electron chi connectivity index (χ4n) is 1.82. The van der Waals surface area contributed by atoms with Gasteiger partial charge < -0.3 is 20.1 Å². The summed E-state index contributed by atoms with van der Waals surface area (Å²) < 4.78 is 10.8. The van der Waals surface area contributed by atoms with Gasteiger partial charge in [0.1, 0.15) is 0 Å². The van der Waals surface area contributed by atoms with Crippen molar-refractivity contribution in [3.05, 3.63) is 35.9 Å². The van der Waals surface area contributed by atoms with Crippen LogP contribution in [0.25, 0.3) is 0 Å². The smallest absolute Gasteiger partial charge is 0.191 e. The van der Waals surface area contributed by atoms with Crippen LogP contribution in [0, 0.1) is 0 Å². The van der Waals surface area contributed by atoms with Crippen LogP contribution in [0.15, 0.2) is 29.8 Å². The predicted molar refractivity (Wildman–Crippen MR) is 97.9 cm³/mol. The zero-order chi connectivity index (χ0) is 15.1. The first-order chi connectivity index (χ1) is 9.53. The van der Waals surface area contributed by atoms with Crippen LogP contribution in [0.4, 0.5) is 0 Å². The molecule has 0 saturated carbocycles. The van der Waals surface area contributed by atoms with Crippen molar-refractivity contribution in [2.45, 2.75) is 13.0 Å². The molecule has 0 heterocycles. The van der Waals surface area contributed by atoms with E-state index >= 15 is 0 Å². The van der Waals surface area contributed by atoms with Gasteiger partial charge in [0.2, 0.25) is 0 Å². The molecule has 1 aromatic carbocycles. The molecule has 0 unspecified atom stereocenters. The highest BCUT2D eigenvalue weighted by molar-refractivity contribution is 14.0. The van der Waals surface area contributed by atoms with E-state index < -0.39 is 0 Å². The van der Waals surface area contributed by atoms with E-state index in [-0.39, 0.29) is 24.0 Å². The van der Waals surface area contributed by atoms with Crippen molar-refractivity contribution in [2.24, 2.45) is 10.7 Å². The molecule has 21 heavy (non-hydrogen) atoms. The summed E-state index contributed by atoms with van der Waals surface area (Å²) in [5, 5.41) is 0. The van der Waals surface area contributed by atoms with Crippen molar-refractivity contribution < 1.29 is 9.47 Å².